The molecular weight excluding hydrogens is 256 g/mol. The maximum absolute atomic E-state index is 9.70. The van der Waals surface area contributed by atoms with Crippen molar-refractivity contribution >= 4 is 17.4 Å². The van der Waals surface area contributed by atoms with Crippen LogP contribution in [0.25, 0.3) is 5.65 Å². The van der Waals surface area contributed by atoms with Crippen LogP contribution < -0.4 is 10.6 Å². The van der Waals surface area contributed by atoms with E-state index in [0.29, 0.717) is 11.6 Å². The standard InChI is InChI=1S/C13H20N6O/c1-2-13(8-20)4-3-5-18(7-13)10-6-11-17-15-9-19(11)12(14)16-10/h6,9,20H,2-5,7-8H2,1H3,(H2,14,16)/t13-/m0/s1. The Kier molecular flexibility index (Phi) is 3.21. The van der Waals surface area contributed by atoms with Gasteiger partial charge in [0.15, 0.2) is 5.65 Å². The second kappa shape index (κ2) is 4.90. The average molecular weight is 276 g/mol. The van der Waals surface area contributed by atoms with E-state index in [1.807, 2.05) is 6.07 Å². The van der Waals surface area contributed by atoms with Crippen molar-refractivity contribution in [1.29, 1.82) is 0 Å². The van der Waals surface area contributed by atoms with Crippen molar-refractivity contribution in [3.63, 3.8) is 0 Å². The predicted molar refractivity (Wildman–Crippen MR) is 76.5 cm³/mol. The van der Waals surface area contributed by atoms with Gasteiger partial charge < -0.3 is 15.7 Å². The first kappa shape index (κ1) is 13.1. The Morgan fingerprint density at radius 2 is 2.35 bits per heavy atom. The van der Waals surface area contributed by atoms with Gasteiger partial charge in [0.05, 0.1) is 6.61 Å². The number of piperidine rings is 1. The van der Waals surface area contributed by atoms with E-state index >= 15 is 0 Å². The van der Waals surface area contributed by atoms with Crippen molar-refractivity contribution in [2.45, 2.75) is 26.2 Å². The number of fused-ring (bicyclic) bond motifs is 1. The molecule has 0 spiro atoms. The highest BCUT2D eigenvalue weighted by Crippen LogP contribution is 2.34. The number of nitrogens with zero attached hydrogens (tertiary/aromatic N) is 5. The van der Waals surface area contributed by atoms with Crippen LogP contribution in [0.15, 0.2) is 12.4 Å². The van der Waals surface area contributed by atoms with Gasteiger partial charge in [0.1, 0.15) is 12.1 Å². The Hall–Kier alpha value is -1.89. The summed E-state index contributed by atoms with van der Waals surface area (Å²) in [6.07, 6.45) is 4.62. The fourth-order valence-electron chi connectivity index (χ4n) is 2.93. The van der Waals surface area contributed by atoms with Gasteiger partial charge in [-0.05, 0) is 19.3 Å². The maximum Gasteiger partial charge on any atom is 0.209 e. The van der Waals surface area contributed by atoms with Crippen molar-refractivity contribution in [1.82, 2.24) is 19.6 Å². The van der Waals surface area contributed by atoms with Crippen LogP contribution in [0.5, 0.6) is 0 Å². The zero-order chi connectivity index (χ0) is 14.2. The van der Waals surface area contributed by atoms with E-state index in [1.54, 1.807) is 10.7 Å². The first-order chi connectivity index (χ1) is 9.67. The van der Waals surface area contributed by atoms with Crippen LogP contribution in [0.3, 0.4) is 0 Å². The number of rotatable bonds is 3. The largest absolute Gasteiger partial charge is 0.396 e. The molecule has 7 heteroatoms. The van der Waals surface area contributed by atoms with Gasteiger partial charge in [-0.25, -0.2) is 0 Å². The minimum Gasteiger partial charge on any atom is -0.396 e. The Balaban J connectivity index is 1.94. The molecule has 1 saturated heterocycles. The van der Waals surface area contributed by atoms with Crippen LogP contribution in [0.2, 0.25) is 0 Å². The smallest absolute Gasteiger partial charge is 0.209 e. The topological polar surface area (TPSA) is 92.6 Å². The first-order valence-electron chi connectivity index (χ1n) is 6.99. The van der Waals surface area contributed by atoms with E-state index in [4.69, 9.17) is 5.73 Å². The highest BCUT2D eigenvalue weighted by molar-refractivity contribution is 5.55. The molecule has 1 aliphatic heterocycles. The molecule has 3 rings (SSSR count). The number of hydrogen-bond acceptors (Lipinski definition) is 6. The lowest BCUT2D eigenvalue weighted by molar-refractivity contribution is 0.101. The summed E-state index contributed by atoms with van der Waals surface area (Å²) in [4.78, 5) is 6.63. The fourth-order valence-corrected chi connectivity index (χ4v) is 2.93. The summed E-state index contributed by atoms with van der Waals surface area (Å²) in [6.45, 7) is 4.07. The highest BCUT2D eigenvalue weighted by Gasteiger charge is 2.34. The van der Waals surface area contributed by atoms with Gasteiger partial charge >= 0.3 is 0 Å². The first-order valence-corrected chi connectivity index (χ1v) is 6.99. The lowest BCUT2D eigenvalue weighted by Gasteiger charge is -2.41. The summed E-state index contributed by atoms with van der Waals surface area (Å²) < 4.78 is 1.66. The normalized spacial score (nSPS) is 23.4. The number of aromatic nitrogens is 4. The Labute approximate surface area is 117 Å². The summed E-state index contributed by atoms with van der Waals surface area (Å²) in [6, 6.07) is 1.90. The number of aliphatic hydroxyl groups is 1. The molecule has 108 valence electrons. The molecule has 0 unspecified atom stereocenters. The summed E-state index contributed by atoms with van der Waals surface area (Å²) in [5, 5.41) is 17.6. The van der Waals surface area contributed by atoms with Crippen molar-refractivity contribution in [2.75, 3.05) is 30.3 Å². The van der Waals surface area contributed by atoms with Crippen LogP contribution in [0.4, 0.5) is 11.8 Å². The number of nitrogens with two attached hydrogens (primary N) is 1. The molecule has 2 aromatic rings. The molecule has 1 fully saturated rings. The van der Waals surface area contributed by atoms with E-state index < -0.39 is 0 Å². The minimum atomic E-state index is -0.0332. The summed E-state index contributed by atoms with van der Waals surface area (Å²) in [7, 11) is 0. The van der Waals surface area contributed by atoms with Crippen LogP contribution in [-0.4, -0.2) is 44.4 Å². The predicted octanol–water partition coefficient (Wildman–Crippen LogP) is 0.695. The monoisotopic (exact) mass is 276 g/mol. The van der Waals surface area contributed by atoms with Gasteiger partial charge in [-0.15, -0.1) is 10.2 Å². The number of nitrogen functional groups attached to an aromatic ring is 1. The molecule has 7 nitrogen and oxygen atoms in total. The molecule has 1 atom stereocenters. The van der Waals surface area contributed by atoms with E-state index in [0.717, 1.165) is 38.2 Å². The Morgan fingerprint density at radius 3 is 3.10 bits per heavy atom. The van der Waals surface area contributed by atoms with Crippen LogP contribution >= 0.6 is 0 Å². The lowest BCUT2D eigenvalue weighted by atomic mass is 9.78. The third kappa shape index (κ3) is 2.07. The number of hydrogen-bond donors (Lipinski definition) is 2. The summed E-state index contributed by atoms with van der Waals surface area (Å²) >= 11 is 0. The van der Waals surface area contributed by atoms with Crippen molar-refractivity contribution < 1.29 is 5.11 Å². The molecule has 3 heterocycles. The molecule has 3 N–H and O–H groups in total. The van der Waals surface area contributed by atoms with E-state index in [-0.39, 0.29) is 12.0 Å². The second-order valence-electron chi connectivity index (χ2n) is 5.57. The summed E-state index contributed by atoms with van der Waals surface area (Å²) in [5.41, 5.74) is 6.60. The molecular formula is C13H20N6O. The minimum absolute atomic E-state index is 0.0332. The van der Waals surface area contributed by atoms with Gasteiger partial charge in [0, 0.05) is 24.6 Å². The van der Waals surface area contributed by atoms with Gasteiger partial charge in [0.2, 0.25) is 5.95 Å². The maximum atomic E-state index is 9.70. The SMILES string of the molecule is CC[C@]1(CO)CCCN(c2cc3nncn3c(N)n2)C1. The Bertz CT molecular complexity index is 606. The second-order valence-corrected chi connectivity index (χ2v) is 5.57. The molecule has 0 amide bonds. The van der Waals surface area contributed by atoms with Crippen molar-refractivity contribution in [3.05, 3.63) is 12.4 Å². The zero-order valence-corrected chi connectivity index (χ0v) is 11.7. The van der Waals surface area contributed by atoms with Crippen LogP contribution in [-0.2, 0) is 0 Å². The van der Waals surface area contributed by atoms with Gasteiger partial charge in [-0.2, -0.15) is 4.98 Å². The summed E-state index contributed by atoms with van der Waals surface area (Å²) in [5.74, 6) is 1.20. The van der Waals surface area contributed by atoms with Crippen LogP contribution in [0, 0.1) is 5.41 Å². The van der Waals surface area contributed by atoms with Gasteiger partial charge in [-0.1, -0.05) is 6.92 Å². The lowest BCUT2D eigenvalue weighted by Crippen LogP contribution is -2.45. The fraction of sp³-hybridized carbons (Fsp3) is 0.615. The molecule has 0 bridgehead atoms. The number of anilines is 2. The molecule has 0 saturated carbocycles. The molecule has 20 heavy (non-hydrogen) atoms. The quantitative estimate of drug-likeness (QED) is 0.857. The molecule has 0 aromatic carbocycles. The van der Waals surface area contributed by atoms with Crippen molar-refractivity contribution in [3.8, 4) is 0 Å². The third-order valence-corrected chi connectivity index (χ3v) is 4.38. The average Bonchev–Trinajstić information content (AvgIpc) is 2.96. The van der Waals surface area contributed by atoms with Gasteiger partial charge in [-0.3, -0.25) is 4.40 Å². The zero-order valence-electron chi connectivity index (χ0n) is 11.7. The molecule has 2 aromatic heterocycles. The van der Waals surface area contributed by atoms with Crippen molar-refractivity contribution in [2.24, 2.45) is 5.41 Å². The Morgan fingerprint density at radius 1 is 1.50 bits per heavy atom. The molecule has 0 aliphatic carbocycles. The van der Waals surface area contributed by atoms with E-state index in [1.165, 1.54) is 0 Å². The van der Waals surface area contributed by atoms with Crippen LogP contribution in [0.1, 0.15) is 26.2 Å². The highest BCUT2D eigenvalue weighted by atomic mass is 16.3. The molecule has 0 radical (unpaired) electrons. The molecule has 1 aliphatic rings. The number of aliphatic hydroxyl groups excluding tert-OH is 1. The van der Waals surface area contributed by atoms with E-state index in [9.17, 15) is 5.11 Å². The van der Waals surface area contributed by atoms with E-state index in [2.05, 4.69) is 27.0 Å². The third-order valence-electron chi connectivity index (χ3n) is 4.38. The van der Waals surface area contributed by atoms with Gasteiger partial charge in [0.25, 0.3) is 0 Å².